The standard InChI is InChI=1S/C16H23N3/c1-4-5-8-13-11-16(17)19(18-13)15-10-7-6-9-14(15)12(2)3/h6-7,9-12H,4-5,8,17H2,1-3H3. The maximum atomic E-state index is 6.11. The SMILES string of the molecule is CCCCc1cc(N)n(-c2ccccc2C(C)C)n1. The summed E-state index contributed by atoms with van der Waals surface area (Å²) in [6.07, 6.45) is 3.33. The average molecular weight is 257 g/mol. The molecule has 0 bridgehead atoms. The Labute approximate surface area is 115 Å². The lowest BCUT2D eigenvalue weighted by Crippen LogP contribution is -2.06. The van der Waals surface area contributed by atoms with Gasteiger partial charge in [0.15, 0.2) is 0 Å². The van der Waals surface area contributed by atoms with E-state index in [9.17, 15) is 0 Å². The Morgan fingerprint density at radius 3 is 2.68 bits per heavy atom. The van der Waals surface area contributed by atoms with E-state index in [1.54, 1.807) is 0 Å². The van der Waals surface area contributed by atoms with E-state index in [1.807, 2.05) is 16.8 Å². The van der Waals surface area contributed by atoms with Crippen molar-refractivity contribution >= 4 is 5.82 Å². The third kappa shape index (κ3) is 2.98. The van der Waals surface area contributed by atoms with Crippen molar-refractivity contribution < 1.29 is 0 Å². The Morgan fingerprint density at radius 1 is 1.26 bits per heavy atom. The molecule has 19 heavy (non-hydrogen) atoms. The lowest BCUT2D eigenvalue weighted by atomic mass is 10.0. The molecule has 0 aliphatic rings. The highest BCUT2D eigenvalue weighted by Crippen LogP contribution is 2.25. The first-order valence-corrected chi connectivity index (χ1v) is 7.07. The highest BCUT2D eigenvalue weighted by molar-refractivity contribution is 5.48. The van der Waals surface area contributed by atoms with Crippen LogP contribution in [0, 0.1) is 0 Å². The molecule has 102 valence electrons. The van der Waals surface area contributed by atoms with Crippen LogP contribution in [0.15, 0.2) is 30.3 Å². The van der Waals surface area contributed by atoms with Gasteiger partial charge in [0.1, 0.15) is 5.82 Å². The quantitative estimate of drug-likeness (QED) is 0.882. The number of nitrogens with two attached hydrogens (primary N) is 1. The minimum Gasteiger partial charge on any atom is -0.384 e. The molecule has 0 spiro atoms. The van der Waals surface area contributed by atoms with E-state index in [-0.39, 0.29) is 0 Å². The summed E-state index contributed by atoms with van der Waals surface area (Å²) in [5.74, 6) is 1.18. The second kappa shape index (κ2) is 5.91. The predicted octanol–water partition coefficient (Wildman–Crippen LogP) is 3.92. The van der Waals surface area contributed by atoms with Crippen LogP contribution in [0.2, 0.25) is 0 Å². The number of anilines is 1. The van der Waals surface area contributed by atoms with E-state index in [0.29, 0.717) is 5.92 Å². The van der Waals surface area contributed by atoms with E-state index in [4.69, 9.17) is 5.73 Å². The number of benzene rings is 1. The summed E-state index contributed by atoms with van der Waals surface area (Å²) in [5.41, 5.74) is 9.57. The molecule has 2 aromatic rings. The fraction of sp³-hybridized carbons (Fsp3) is 0.438. The second-order valence-corrected chi connectivity index (χ2v) is 5.29. The van der Waals surface area contributed by atoms with Gasteiger partial charge in [-0.15, -0.1) is 0 Å². The number of hydrogen-bond acceptors (Lipinski definition) is 2. The van der Waals surface area contributed by atoms with Gasteiger partial charge < -0.3 is 5.73 Å². The molecule has 0 radical (unpaired) electrons. The molecule has 0 amide bonds. The van der Waals surface area contributed by atoms with E-state index >= 15 is 0 Å². The van der Waals surface area contributed by atoms with Crippen LogP contribution in [0.1, 0.15) is 50.8 Å². The Hall–Kier alpha value is -1.77. The summed E-state index contributed by atoms with van der Waals surface area (Å²) in [7, 11) is 0. The Kier molecular flexibility index (Phi) is 4.25. The fourth-order valence-corrected chi connectivity index (χ4v) is 2.29. The molecule has 3 nitrogen and oxygen atoms in total. The van der Waals surface area contributed by atoms with Crippen LogP contribution in [0.3, 0.4) is 0 Å². The molecule has 3 heteroatoms. The van der Waals surface area contributed by atoms with Crippen molar-refractivity contribution in [1.82, 2.24) is 9.78 Å². The van der Waals surface area contributed by atoms with Crippen LogP contribution in [-0.4, -0.2) is 9.78 Å². The third-order valence-corrected chi connectivity index (χ3v) is 3.36. The van der Waals surface area contributed by atoms with Gasteiger partial charge in [-0.05, 0) is 30.4 Å². The number of aromatic nitrogens is 2. The van der Waals surface area contributed by atoms with Crippen LogP contribution in [0.4, 0.5) is 5.82 Å². The molecule has 0 atom stereocenters. The van der Waals surface area contributed by atoms with Crippen LogP contribution in [0.25, 0.3) is 5.69 Å². The summed E-state index contributed by atoms with van der Waals surface area (Å²) < 4.78 is 1.88. The van der Waals surface area contributed by atoms with Crippen molar-refractivity contribution in [2.75, 3.05) is 5.73 Å². The van der Waals surface area contributed by atoms with Gasteiger partial charge in [-0.3, -0.25) is 0 Å². The van der Waals surface area contributed by atoms with Crippen molar-refractivity contribution in [1.29, 1.82) is 0 Å². The molecule has 2 rings (SSSR count). The van der Waals surface area contributed by atoms with Gasteiger partial charge in [0, 0.05) is 6.07 Å². The molecule has 1 aromatic carbocycles. The zero-order valence-electron chi connectivity index (χ0n) is 12.1. The van der Waals surface area contributed by atoms with Crippen LogP contribution in [0.5, 0.6) is 0 Å². The molecule has 1 aromatic heterocycles. The minimum absolute atomic E-state index is 0.457. The number of rotatable bonds is 5. The van der Waals surface area contributed by atoms with Crippen LogP contribution >= 0.6 is 0 Å². The molecule has 1 heterocycles. The van der Waals surface area contributed by atoms with E-state index in [0.717, 1.165) is 30.0 Å². The molecule has 0 fully saturated rings. The Bertz CT molecular complexity index is 541. The molecule has 0 saturated carbocycles. The molecule has 0 aliphatic carbocycles. The van der Waals surface area contributed by atoms with E-state index < -0.39 is 0 Å². The first kappa shape index (κ1) is 13.7. The minimum atomic E-state index is 0.457. The molecular formula is C16H23N3. The zero-order chi connectivity index (χ0) is 13.8. The number of nitrogens with zero attached hydrogens (tertiary/aromatic N) is 2. The van der Waals surface area contributed by atoms with E-state index in [1.165, 1.54) is 12.0 Å². The normalized spacial score (nSPS) is 11.2. The Morgan fingerprint density at radius 2 is 2.00 bits per heavy atom. The van der Waals surface area contributed by atoms with Crippen molar-refractivity contribution in [3.63, 3.8) is 0 Å². The lowest BCUT2D eigenvalue weighted by molar-refractivity contribution is 0.746. The first-order chi connectivity index (χ1) is 9.13. The third-order valence-electron chi connectivity index (χ3n) is 3.36. The second-order valence-electron chi connectivity index (χ2n) is 5.29. The number of para-hydroxylation sites is 1. The van der Waals surface area contributed by atoms with Gasteiger partial charge in [-0.2, -0.15) is 5.10 Å². The molecule has 0 unspecified atom stereocenters. The summed E-state index contributed by atoms with van der Waals surface area (Å²) in [6, 6.07) is 10.3. The fourth-order valence-electron chi connectivity index (χ4n) is 2.29. The van der Waals surface area contributed by atoms with Crippen molar-refractivity contribution in [2.45, 2.75) is 46.0 Å². The molecule has 0 saturated heterocycles. The van der Waals surface area contributed by atoms with Gasteiger partial charge in [-0.1, -0.05) is 45.4 Å². The van der Waals surface area contributed by atoms with Gasteiger partial charge >= 0.3 is 0 Å². The molecular weight excluding hydrogens is 234 g/mol. The van der Waals surface area contributed by atoms with Crippen molar-refractivity contribution in [3.8, 4) is 5.69 Å². The summed E-state index contributed by atoms with van der Waals surface area (Å²) in [6.45, 7) is 6.57. The summed E-state index contributed by atoms with van der Waals surface area (Å²) >= 11 is 0. The maximum Gasteiger partial charge on any atom is 0.127 e. The van der Waals surface area contributed by atoms with Gasteiger partial charge in [0.05, 0.1) is 11.4 Å². The first-order valence-electron chi connectivity index (χ1n) is 7.07. The maximum absolute atomic E-state index is 6.11. The molecule has 2 N–H and O–H groups in total. The predicted molar refractivity (Wildman–Crippen MR) is 80.7 cm³/mol. The Balaban J connectivity index is 2.39. The largest absolute Gasteiger partial charge is 0.384 e. The topological polar surface area (TPSA) is 43.8 Å². The highest BCUT2D eigenvalue weighted by Gasteiger charge is 2.12. The van der Waals surface area contributed by atoms with Gasteiger partial charge in [-0.25, -0.2) is 4.68 Å². The van der Waals surface area contributed by atoms with Crippen LogP contribution in [-0.2, 0) is 6.42 Å². The number of unbranched alkanes of at least 4 members (excludes halogenated alkanes) is 1. The summed E-state index contributed by atoms with van der Waals surface area (Å²) in [5, 5.41) is 4.65. The van der Waals surface area contributed by atoms with Crippen molar-refractivity contribution in [3.05, 3.63) is 41.6 Å². The number of hydrogen-bond donors (Lipinski definition) is 1. The molecule has 0 aliphatic heterocycles. The zero-order valence-corrected chi connectivity index (χ0v) is 12.1. The summed E-state index contributed by atoms with van der Waals surface area (Å²) in [4.78, 5) is 0. The van der Waals surface area contributed by atoms with Gasteiger partial charge in [0.25, 0.3) is 0 Å². The van der Waals surface area contributed by atoms with Gasteiger partial charge in [0.2, 0.25) is 0 Å². The van der Waals surface area contributed by atoms with Crippen LogP contribution < -0.4 is 5.73 Å². The average Bonchev–Trinajstić information content (AvgIpc) is 2.77. The van der Waals surface area contributed by atoms with E-state index in [2.05, 4.69) is 44.1 Å². The van der Waals surface area contributed by atoms with Crippen molar-refractivity contribution in [2.24, 2.45) is 0 Å². The number of aryl methyl sites for hydroxylation is 1. The highest BCUT2D eigenvalue weighted by atomic mass is 15.3. The lowest BCUT2D eigenvalue weighted by Gasteiger charge is -2.13. The monoisotopic (exact) mass is 257 g/mol. The number of nitrogen functional groups attached to an aromatic ring is 1. The smallest absolute Gasteiger partial charge is 0.127 e.